The van der Waals surface area contributed by atoms with E-state index in [0.29, 0.717) is 5.56 Å². The third kappa shape index (κ3) is 8.02. The molecule has 7 heteroatoms. The number of benzene rings is 1. The number of nitrogens with zero attached hydrogens (tertiary/aromatic N) is 1. The van der Waals surface area contributed by atoms with Crippen molar-refractivity contribution < 1.29 is 19.1 Å². The van der Waals surface area contributed by atoms with Gasteiger partial charge in [0.05, 0.1) is 0 Å². The summed E-state index contributed by atoms with van der Waals surface area (Å²) in [4.78, 5) is 40.9. The van der Waals surface area contributed by atoms with Gasteiger partial charge < -0.3 is 15.4 Å². The molecule has 1 aromatic rings. The number of alkyl carbamates (subject to hydrolysis) is 1. The van der Waals surface area contributed by atoms with E-state index in [-0.39, 0.29) is 17.9 Å². The van der Waals surface area contributed by atoms with Gasteiger partial charge in [-0.2, -0.15) is 0 Å². The number of terminal acetylenes is 1. The Morgan fingerprint density at radius 1 is 1.09 bits per heavy atom. The molecule has 0 saturated heterocycles. The monoisotopic (exact) mass is 483 g/mol. The molecule has 192 valence electrons. The number of carbonyl (C=O) groups is 3. The van der Waals surface area contributed by atoms with Crippen molar-refractivity contribution >= 4 is 17.9 Å². The van der Waals surface area contributed by atoms with Gasteiger partial charge in [-0.15, -0.1) is 0 Å². The van der Waals surface area contributed by atoms with Crippen molar-refractivity contribution in [2.75, 3.05) is 0 Å². The van der Waals surface area contributed by atoms with Crippen LogP contribution in [0.25, 0.3) is 0 Å². The molecule has 1 fully saturated rings. The zero-order valence-electron chi connectivity index (χ0n) is 22.2. The van der Waals surface area contributed by atoms with E-state index in [0.717, 1.165) is 48.1 Å². The van der Waals surface area contributed by atoms with Gasteiger partial charge in [-0.25, -0.2) is 4.79 Å². The Labute approximate surface area is 210 Å². The van der Waals surface area contributed by atoms with E-state index in [4.69, 9.17) is 11.2 Å². The maximum Gasteiger partial charge on any atom is 0.408 e. The van der Waals surface area contributed by atoms with E-state index in [1.54, 1.807) is 20.8 Å². The van der Waals surface area contributed by atoms with Gasteiger partial charge >= 0.3 is 6.09 Å². The van der Waals surface area contributed by atoms with Gasteiger partial charge in [0.2, 0.25) is 5.91 Å². The highest BCUT2D eigenvalue weighted by atomic mass is 16.6. The van der Waals surface area contributed by atoms with Gasteiger partial charge in [0.1, 0.15) is 17.7 Å². The summed E-state index contributed by atoms with van der Waals surface area (Å²) in [5, 5.41) is 5.78. The number of hydrogen-bond acceptors (Lipinski definition) is 4. The molecule has 3 amide bonds. The van der Waals surface area contributed by atoms with Crippen LogP contribution in [0, 0.1) is 32.2 Å². The second kappa shape index (κ2) is 12.1. The normalized spacial score (nSPS) is 16.1. The smallest absolute Gasteiger partial charge is 0.408 e. The molecule has 0 radical (unpaired) electrons. The molecule has 2 N–H and O–H groups in total. The SMILES string of the molecule is C#CN(C(=O)C(NC(=O)OC(C)(C)C)C(C)C)C(C(=O)NC1CCCCC1)c1ccc(C)c(C)c1. The number of ether oxygens (including phenoxy) is 1. The van der Waals surface area contributed by atoms with Gasteiger partial charge in [0, 0.05) is 12.1 Å². The fourth-order valence-corrected chi connectivity index (χ4v) is 4.24. The first-order chi connectivity index (χ1) is 16.3. The van der Waals surface area contributed by atoms with Crippen molar-refractivity contribution in [3.63, 3.8) is 0 Å². The van der Waals surface area contributed by atoms with Gasteiger partial charge in [0.15, 0.2) is 0 Å². The minimum absolute atomic E-state index is 0.0563. The Kier molecular flexibility index (Phi) is 9.76. The molecule has 2 rings (SSSR count). The number of amides is 3. The molecule has 1 aliphatic rings. The molecular weight excluding hydrogens is 442 g/mol. The van der Waals surface area contributed by atoms with E-state index in [1.807, 2.05) is 45.9 Å². The first-order valence-electron chi connectivity index (χ1n) is 12.5. The van der Waals surface area contributed by atoms with Crippen LogP contribution in [0.1, 0.15) is 89.5 Å². The molecule has 35 heavy (non-hydrogen) atoms. The second-order valence-electron chi connectivity index (χ2n) is 10.8. The molecule has 1 saturated carbocycles. The number of aryl methyl sites for hydroxylation is 2. The summed E-state index contributed by atoms with van der Waals surface area (Å²) in [5.74, 6) is -1.13. The molecule has 0 spiro atoms. The number of rotatable bonds is 7. The molecule has 2 unspecified atom stereocenters. The maximum atomic E-state index is 13.7. The van der Waals surface area contributed by atoms with E-state index in [9.17, 15) is 14.4 Å². The lowest BCUT2D eigenvalue weighted by Gasteiger charge is -2.33. The number of nitrogens with one attached hydrogen (secondary N) is 2. The van der Waals surface area contributed by atoms with Crippen molar-refractivity contribution in [3.05, 3.63) is 34.9 Å². The zero-order chi connectivity index (χ0) is 26.3. The summed E-state index contributed by atoms with van der Waals surface area (Å²) >= 11 is 0. The third-order valence-corrected chi connectivity index (χ3v) is 6.29. The summed E-state index contributed by atoms with van der Waals surface area (Å²) in [6.45, 7) is 12.8. The van der Waals surface area contributed by atoms with E-state index in [1.165, 1.54) is 0 Å². The van der Waals surface area contributed by atoms with Crippen LogP contribution < -0.4 is 10.6 Å². The van der Waals surface area contributed by atoms with Gasteiger partial charge in [-0.3, -0.25) is 14.5 Å². The van der Waals surface area contributed by atoms with Crippen molar-refractivity contribution in [1.82, 2.24) is 15.5 Å². The predicted octanol–water partition coefficient (Wildman–Crippen LogP) is 4.76. The largest absolute Gasteiger partial charge is 0.444 e. The van der Waals surface area contributed by atoms with Crippen LogP contribution in [-0.4, -0.2) is 40.5 Å². The molecule has 1 aromatic carbocycles. The predicted molar refractivity (Wildman–Crippen MR) is 137 cm³/mol. The highest BCUT2D eigenvalue weighted by Gasteiger charge is 2.38. The van der Waals surface area contributed by atoms with Gasteiger partial charge in [-0.05, 0) is 70.1 Å². The second-order valence-corrected chi connectivity index (χ2v) is 10.8. The summed E-state index contributed by atoms with van der Waals surface area (Å²) in [6, 6.07) is 6.16. The fraction of sp³-hybridized carbons (Fsp3) is 0.607. The first-order valence-corrected chi connectivity index (χ1v) is 12.5. The number of carbonyl (C=O) groups excluding carboxylic acids is 3. The van der Waals surface area contributed by atoms with Crippen LogP contribution >= 0.6 is 0 Å². The fourth-order valence-electron chi connectivity index (χ4n) is 4.24. The van der Waals surface area contributed by atoms with E-state index < -0.39 is 29.7 Å². The molecular formula is C28H41N3O4. The van der Waals surface area contributed by atoms with Crippen LogP contribution in [0.4, 0.5) is 4.79 Å². The minimum Gasteiger partial charge on any atom is -0.444 e. The summed E-state index contributed by atoms with van der Waals surface area (Å²) in [5.41, 5.74) is 1.98. The summed E-state index contributed by atoms with van der Waals surface area (Å²) < 4.78 is 5.35. The zero-order valence-corrected chi connectivity index (χ0v) is 22.2. The Morgan fingerprint density at radius 3 is 2.23 bits per heavy atom. The van der Waals surface area contributed by atoms with Crippen molar-refractivity contribution in [2.45, 2.75) is 104 Å². The van der Waals surface area contributed by atoms with Crippen LogP contribution in [0.5, 0.6) is 0 Å². The molecule has 1 aliphatic carbocycles. The lowest BCUT2D eigenvalue weighted by Crippen LogP contribution is -2.54. The van der Waals surface area contributed by atoms with Crippen LogP contribution in [0.3, 0.4) is 0 Å². The topological polar surface area (TPSA) is 87.7 Å². The van der Waals surface area contributed by atoms with Gasteiger partial charge in [0.25, 0.3) is 5.91 Å². The molecule has 0 heterocycles. The minimum atomic E-state index is -1.02. The van der Waals surface area contributed by atoms with E-state index >= 15 is 0 Å². The van der Waals surface area contributed by atoms with Crippen molar-refractivity contribution in [1.29, 1.82) is 0 Å². The quantitative estimate of drug-likeness (QED) is 0.432. The van der Waals surface area contributed by atoms with E-state index in [2.05, 4.69) is 16.7 Å². The molecule has 0 bridgehead atoms. The van der Waals surface area contributed by atoms with Crippen molar-refractivity contribution in [3.8, 4) is 12.5 Å². The molecule has 0 aromatic heterocycles. The Bertz CT molecular complexity index is 952. The first kappa shape index (κ1) is 28.2. The molecule has 0 aliphatic heterocycles. The average Bonchev–Trinajstić information content (AvgIpc) is 2.76. The molecule has 2 atom stereocenters. The van der Waals surface area contributed by atoms with Gasteiger partial charge in [-0.1, -0.05) is 57.7 Å². The third-order valence-electron chi connectivity index (χ3n) is 6.29. The van der Waals surface area contributed by atoms with Crippen LogP contribution in [0.2, 0.25) is 0 Å². The number of hydrogen-bond donors (Lipinski definition) is 2. The van der Waals surface area contributed by atoms with Crippen LogP contribution in [0.15, 0.2) is 18.2 Å². The molecule has 7 nitrogen and oxygen atoms in total. The maximum absolute atomic E-state index is 13.7. The summed E-state index contributed by atoms with van der Waals surface area (Å²) in [6.07, 6.45) is 10.2. The Morgan fingerprint density at radius 2 is 1.71 bits per heavy atom. The Hall–Kier alpha value is -3.01. The highest BCUT2D eigenvalue weighted by Crippen LogP contribution is 2.26. The average molecular weight is 484 g/mol. The Balaban J connectivity index is 2.40. The van der Waals surface area contributed by atoms with Crippen molar-refractivity contribution in [2.24, 2.45) is 5.92 Å². The standard InChI is InChI=1S/C28H41N3O4/c1-9-31(26(33)23(18(2)3)30-27(34)35-28(6,7)8)24(21-16-15-19(4)20(5)17-21)25(32)29-22-13-11-10-12-14-22/h1,15-18,22-24H,10-14H2,2-8H3,(H,29,32)(H,30,34). The lowest BCUT2D eigenvalue weighted by molar-refractivity contribution is -0.139. The highest BCUT2D eigenvalue weighted by molar-refractivity contribution is 5.93. The van der Waals surface area contributed by atoms with Crippen LogP contribution in [-0.2, 0) is 14.3 Å². The lowest BCUT2D eigenvalue weighted by atomic mass is 9.94. The summed E-state index contributed by atoms with van der Waals surface area (Å²) in [7, 11) is 0.